The average Bonchev–Trinajstić information content (AvgIpc) is 2.69. The third-order valence-electron chi connectivity index (χ3n) is 5.18. The van der Waals surface area contributed by atoms with Crippen LogP contribution in [0.25, 0.3) is 0 Å². The summed E-state index contributed by atoms with van der Waals surface area (Å²) in [6, 6.07) is 5.27. The molecular formula is C20H35FIN5O2S. The molecule has 1 fully saturated rings. The zero-order valence-corrected chi connectivity index (χ0v) is 21.5. The maximum absolute atomic E-state index is 14.3. The van der Waals surface area contributed by atoms with Crippen molar-refractivity contribution in [2.45, 2.75) is 39.7 Å². The Morgan fingerprint density at radius 1 is 1.33 bits per heavy atom. The topological polar surface area (TPSA) is 77.0 Å². The number of halogens is 2. The largest absolute Gasteiger partial charge is 0.367 e. The second-order valence-corrected chi connectivity index (χ2v) is 9.37. The third kappa shape index (κ3) is 7.52. The molecule has 0 aromatic heterocycles. The van der Waals surface area contributed by atoms with Crippen molar-refractivity contribution in [3.05, 3.63) is 29.6 Å². The van der Waals surface area contributed by atoms with E-state index in [2.05, 4.69) is 20.5 Å². The van der Waals surface area contributed by atoms with Crippen LogP contribution >= 0.6 is 24.0 Å². The molecule has 7 nitrogen and oxygen atoms in total. The lowest BCUT2D eigenvalue weighted by Crippen LogP contribution is -2.52. The van der Waals surface area contributed by atoms with Gasteiger partial charge in [-0.25, -0.2) is 17.1 Å². The van der Waals surface area contributed by atoms with Gasteiger partial charge in [0.1, 0.15) is 5.82 Å². The van der Waals surface area contributed by atoms with E-state index in [4.69, 9.17) is 0 Å². The molecule has 1 heterocycles. The minimum absolute atomic E-state index is 0. The smallest absolute Gasteiger partial charge is 0.215 e. The van der Waals surface area contributed by atoms with Gasteiger partial charge < -0.3 is 15.5 Å². The SMILES string of the molecule is CCN(CC)S(=O)(=O)CCNC(=NC)NC1CCCN(c2cc(C)ccc2F)C1.I. The molecule has 1 aromatic rings. The highest BCUT2D eigenvalue weighted by atomic mass is 127. The van der Waals surface area contributed by atoms with E-state index < -0.39 is 10.0 Å². The number of nitrogens with zero attached hydrogens (tertiary/aromatic N) is 3. The van der Waals surface area contributed by atoms with Gasteiger partial charge in [-0.3, -0.25) is 4.99 Å². The molecule has 0 saturated carbocycles. The van der Waals surface area contributed by atoms with Crippen molar-refractivity contribution in [1.29, 1.82) is 0 Å². The van der Waals surface area contributed by atoms with Crippen molar-refractivity contribution in [3.63, 3.8) is 0 Å². The molecule has 2 N–H and O–H groups in total. The molecule has 0 aliphatic carbocycles. The van der Waals surface area contributed by atoms with Gasteiger partial charge in [-0.15, -0.1) is 24.0 Å². The number of anilines is 1. The van der Waals surface area contributed by atoms with E-state index in [1.165, 1.54) is 10.4 Å². The molecule has 30 heavy (non-hydrogen) atoms. The van der Waals surface area contributed by atoms with Crippen molar-refractivity contribution in [3.8, 4) is 0 Å². The molecule has 10 heteroatoms. The standard InChI is InChI=1S/C20H34FN5O2S.HI/c1-5-26(6-2)29(27,28)13-11-23-20(22-4)24-17-8-7-12-25(15-17)19-14-16(3)9-10-18(19)21;/h9-10,14,17H,5-8,11-13,15H2,1-4H3,(H2,22,23,24);1H. The van der Waals surface area contributed by atoms with Crippen LogP contribution in [0.2, 0.25) is 0 Å². The van der Waals surface area contributed by atoms with Gasteiger partial charge >= 0.3 is 0 Å². The highest BCUT2D eigenvalue weighted by Gasteiger charge is 2.23. The third-order valence-corrected chi connectivity index (χ3v) is 7.20. The second-order valence-electron chi connectivity index (χ2n) is 7.28. The van der Waals surface area contributed by atoms with Crippen molar-refractivity contribution < 1.29 is 12.8 Å². The Hall–Kier alpha value is -1.14. The van der Waals surface area contributed by atoms with Gasteiger partial charge in [0.25, 0.3) is 0 Å². The number of aryl methyl sites for hydroxylation is 1. The number of aliphatic imine (C=N–C) groups is 1. The highest BCUT2D eigenvalue weighted by molar-refractivity contribution is 14.0. The number of rotatable bonds is 8. The van der Waals surface area contributed by atoms with Gasteiger partial charge in [0.2, 0.25) is 10.0 Å². The van der Waals surface area contributed by atoms with Crippen LogP contribution in [0.15, 0.2) is 23.2 Å². The van der Waals surface area contributed by atoms with Crippen LogP contribution in [0, 0.1) is 12.7 Å². The zero-order chi connectivity index (χ0) is 21.4. The normalized spacial score (nSPS) is 17.6. The van der Waals surface area contributed by atoms with Crippen molar-refractivity contribution in [2.24, 2.45) is 4.99 Å². The van der Waals surface area contributed by atoms with Crippen LogP contribution in [-0.4, -0.2) is 70.2 Å². The summed E-state index contributed by atoms with van der Waals surface area (Å²) in [5, 5.41) is 6.44. The summed E-state index contributed by atoms with van der Waals surface area (Å²) in [5.41, 5.74) is 1.66. The van der Waals surface area contributed by atoms with Crippen LogP contribution in [0.4, 0.5) is 10.1 Å². The minimum Gasteiger partial charge on any atom is -0.367 e. The fourth-order valence-electron chi connectivity index (χ4n) is 3.61. The van der Waals surface area contributed by atoms with Gasteiger partial charge in [0, 0.05) is 45.8 Å². The minimum atomic E-state index is -3.27. The summed E-state index contributed by atoms with van der Waals surface area (Å²) < 4.78 is 40.3. The van der Waals surface area contributed by atoms with E-state index in [9.17, 15) is 12.8 Å². The lowest BCUT2D eigenvalue weighted by molar-refractivity contribution is 0.444. The second kappa shape index (κ2) is 12.7. The number of hydrogen-bond donors (Lipinski definition) is 2. The number of hydrogen-bond acceptors (Lipinski definition) is 4. The summed E-state index contributed by atoms with van der Waals surface area (Å²) in [4.78, 5) is 6.27. The van der Waals surface area contributed by atoms with E-state index >= 15 is 0 Å². The molecule has 1 aliphatic rings. The lowest BCUT2D eigenvalue weighted by atomic mass is 10.0. The molecule has 0 amide bonds. The Balaban J connectivity index is 0.00000450. The van der Waals surface area contributed by atoms with Gasteiger partial charge in [-0.05, 0) is 37.5 Å². The summed E-state index contributed by atoms with van der Waals surface area (Å²) in [6.07, 6.45) is 1.89. The van der Waals surface area contributed by atoms with Crippen LogP contribution in [0.1, 0.15) is 32.3 Å². The number of nitrogens with one attached hydrogen (secondary N) is 2. The first kappa shape index (κ1) is 26.9. The zero-order valence-electron chi connectivity index (χ0n) is 18.3. The summed E-state index contributed by atoms with van der Waals surface area (Å²) in [6.45, 7) is 8.33. The van der Waals surface area contributed by atoms with E-state index in [0.717, 1.165) is 24.9 Å². The molecule has 2 rings (SSSR count). The van der Waals surface area contributed by atoms with Gasteiger partial charge in [0.15, 0.2) is 5.96 Å². The Morgan fingerprint density at radius 2 is 2.03 bits per heavy atom. The molecular weight excluding hydrogens is 520 g/mol. The molecule has 1 atom stereocenters. The lowest BCUT2D eigenvalue weighted by Gasteiger charge is -2.35. The first-order valence-electron chi connectivity index (χ1n) is 10.3. The Kier molecular flexibility index (Phi) is 11.3. The van der Waals surface area contributed by atoms with Crippen LogP contribution < -0.4 is 15.5 Å². The molecule has 172 valence electrons. The number of piperidine rings is 1. The molecule has 0 spiro atoms. The maximum atomic E-state index is 14.3. The monoisotopic (exact) mass is 555 g/mol. The number of sulfonamides is 1. The van der Waals surface area contributed by atoms with Crippen LogP contribution in [-0.2, 0) is 10.0 Å². The van der Waals surface area contributed by atoms with E-state index in [1.54, 1.807) is 13.1 Å². The quantitative estimate of drug-likeness (QED) is 0.293. The van der Waals surface area contributed by atoms with Crippen molar-refractivity contribution >= 4 is 45.6 Å². The first-order chi connectivity index (χ1) is 13.8. The van der Waals surface area contributed by atoms with Gasteiger partial charge in [-0.1, -0.05) is 19.9 Å². The Morgan fingerprint density at radius 3 is 2.67 bits per heavy atom. The molecule has 0 radical (unpaired) electrons. The molecule has 1 unspecified atom stereocenters. The molecule has 1 aromatic carbocycles. The van der Waals surface area contributed by atoms with E-state index in [0.29, 0.717) is 31.3 Å². The van der Waals surface area contributed by atoms with Crippen molar-refractivity contribution in [2.75, 3.05) is 50.4 Å². The van der Waals surface area contributed by atoms with Gasteiger partial charge in [0.05, 0.1) is 11.4 Å². The summed E-state index contributed by atoms with van der Waals surface area (Å²) >= 11 is 0. The number of guanidine groups is 1. The van der Waals surface area contributed by atoms with Gasteiger partial charge in [-0.2, -0.15) is 0 Å². The van der Waals surface area contributed by atoms with Crippen molar-refractivity contribution in [1.82, 2.24) is 14.9 Å². The molecule has 1 saturated heterocycles. The predicted molar refractivity (Wildman–Crippen MR) is 133 cm³/mol. The summed E-state index contributed by atoms with van der Waals surface area (Å²) in [7, 11) is -1.61. The van der Waals surface area contributed by atoms with E-state index in [1.807, 2.05) is 26.8 Å². The first-order valence-corrected chi connectivity index (χ1v) is 11.9. The Bertz CT molecular complexity index is 802. The number of benzene rings is 1. The fraction of sp³-hybridized carbons (Fsp3) is 0.650. The fourth-order valence-corrected chi connectivity index (χ4v) is 5.02. The molecule has 0 bridgehead atoms. The van der Waals surface area contributed by atoms with Crippen LogP contribution in [0.5, 0.6) is 0 Å². The predicted octanol–water partition coefficient (Wildman–Crippen LogP) is 2.56. The molecule has 1 aliphatic heterocycles. The maximum Gasteiger partial charge on any atom is 0.215 e. The van der Waals surface area contributed by atoms with E-state index in [-0.39, 0.29) is 48.1 Å². The average molecular weight is 556 g/mol. The van der Waals surface area contributed by atoms with Crippen LogP contribution in [0.3, 0.4) is 0 Å². The summed E-state index contributed by atoms with van der Waals surface area (Å²) in [5.74, 6) is 0.373. The Labute approximate surface area is 197 Å². The highest BCUT2D eigenvalue weighted by Crippen LogP contribution is 2.24.